The minimum atomic E-state index is -1.46. The monoisotopic (exact) mass is 280 g/mol. The van der Waals surface area contributed by atoms with Crippen LogP contribution in [0.4, 0.5) is 10.5 Å². The molecule has 1 unspecified atom stereocenters. The van der Waals surface area contributed by atoms with Gasteiger partial charge < -0.3 is 20.8 Å². The van der Waals surface area contributed by atoms with Gasteiger partial charge in [-0.15, -0.1) is 0 Å². The van der Waals surface area contributed by atoms with Crippen LogP contribution in [0, 0.1) is 0 Å². The lowest BCUT2D eigenvalue weighted by atomic mass is 10.0. The molecule has 0 aromatic heterocycles. The van der Waals surface area contributed by atoms with Gasteiger partial charge in [-0.1, -0.05) is 32.0 Å². The molecule has 1 aromatic rings. The van der Waals surface area contributed by atoms with Crippen LogP contribution < -0.4 is 10.6 Å². The normalized spacial score (nSPS) is 12.0. The van der Waals surface area contributed by atoms with E-state index < -0.39 is 18.1 Å². The molecule has 2 amide bonds. The maximum atomic E-state index is 11.7. The van der Waals surface area contributed by atoms with Crippen LogP contribution in [-0.4, -0.2) is 34.9 Å². The van der Waals surface area contributed by atoms with Gasteiger partial charge in [-0.25, -0.2) is 9.59 Å². The van der Waals surface area contributed by atoms with Gasteiger partial charge in [0.15, 0.2) is 6.10 Å². The SMILES string of the molecule is CC(C)c1ccccc1NC(=O)NCCC(O)C(=O)O. The van der Waals surface area contributed by atoms with Crippen LogP contribution in [0.3, 0.4) is 0 Å². The summed E-state index contributed by atoms with van der Waals surface area (Å²) < 4.78 is 0. The predicted octanol–water partition coefficient (Wildman–Crippen LogP) is 1.77. The highest BCUT2D eigenvalue weighted by Crippen LogP contribution is 2.23. The average molecular weight is 280 g/mol. The highest BCUT2D eigenvalue weighted by atomic mass is 16.4. The van der Waals surface area contributed by atoms with E-state index in [1.54, 1.807) is 6.07 Å². The lowest BCUT2D eigenvalue weighted by Crippen LogP contribution is -2.33. The number of carboxylic acid groups (broad SMARTS) is 1. The third kappa shape index (κ3) is 4.89. The molecule has 1 aromatic carbocycles. The molecule has 6 heteroatoms. The largest absolute Gasteiger partial charge is 0.479 e. The first-order chi connectivity index (χ1) is 9.41. The Balaban J connectivity index is 2.49. The van der Waals surface area contributed by atoms with E-state index in [0.717, 1.165) is 11.3 Å². The Labute approximate surface area is 117 Å². The Morgan fingerprint density at radius 2 is 1.90 bits per heavy atom. The average Bonchev–Trinajstić information content (AvgIpc) is 2.38. The molecule has 0 bridgehead atoms. The van der Waals surface area contributed by atoms with E-state index in [9.17, 15) is 9.59 Å². The summed E-state index contributed by atoms with van der Waals surface area (Å²) in [5, 5.41) is 22.8. The molecule has 1 rings (SSSR count). The number of aliphatic hydroxyl groups is 1. The Morgan fingerprint density at radius 3 is 2.50 bits per heavy atom. The second-order valence-electron chi connectivity index (χ2n) is 4.77. The Kier molecular flexibility index (Phi) is 5.99. The summed E-state index contributed by atoms with van der Waals surface area (Å²) in [6.45, 7) is 4.15. The number of hydrogen-bond donors (Lipinski definition) is 4. The van der Waals surface area contributed by atoms with E-state index >= 15 is 0 Å². The van der Waals surface area contributed by atoms with Gasteiger partial charge in [0, 0.05) is 18.7 Å². The number of hydrogen-bond acceptors (Lipinski definition) is 3. The van der Waals surface area contributed by atoms with Gasteiger partial charge in [-0.3, -0.25) is 0 Å². The van der Waals surface area contributed by atoms with Crippen molar-refractivity contribution in [1.82, 2.24) is 5.32 Å². The van der Waals surface area contributed by atoms with E-state index in [2.05, 4.69) is 10.6 Å². The molecule has 1 atom stereocenters. The van der Waals surface area contributed by atoms with Crippen LogP contribution in [-0.2, 0) is 4.79 Å². The number of aliphatic carboxylic acids is 1. The molecule has 110 valence electrons. The van der Waals surface area contributed by atoms with Crippen molar-refractivity contribution >= 4 is 17.7 Å². The summed E-state index contributed by atoms with van der Waals surface area (Å²) in [4.78, 5) is 22.1. The van der Waals surface area contributed by atoms with Gasteiger partial charge in [0.1, 0.15) is 0 Å². The minimum absolute atomic E-state index is 0.0332. The second-order valence-corrected chi connectivity index (χ2v) is 4.77. The zero-order chi connectivity index (χ0) is 15.1. The highest BCUT2D eigenvalue weighted by Gasteiger charge is 2.13. The summed E-state index contributed by atoms with van der Waals surface area (Å²) in [6, 6.07) is 7.06. The number of benzene rings is 1. The number of carbonyl (C=O) groups is 2. The molecule has 20 heavy (non-hydrogen) atoms. The highest BCUT2D eigenvalue weighted by molar-refractivity contribution is 5.90. The van der Waals surface area contributed by atoms with E-state index in [1.165, 1.54) is 0 Å². The van der Waals surface area contributed by atoms with Crippen molar-refractivity contribution in [2.24, 2.45) is 0 Å². The fourth-order valence-electron chi connectivity index (χ4n) is 1.73. The molecule has 0 fully saturated rings. The van der Waals surface area contributed by atoms with E-state index in [0.29, 0.717) is 0 Å². The molecule has 0 aliphatic heterocycles. The molecular weight excluding hydrogens is 260 g/mol. The number of amides is 2. The van der Waals surface area contributed by atoms with Crippen molar-refractivity contribution in [1.29, 1.82) is 0 Å². The topological polar surface area (TPSA) is 98.7 Å². The Morgan fingerprint density at radius 1 is 1.25 bits per heavy atom. The predicted molar refractivity (Wildman–Crippen MR) is 75.8 cm³/mol. The van der Waals surface area contributed by atoms with Gasteiger partial charge >= 0.3 is 12.0 Å². The number of anilines is 1. The van der Waals surface area contributed by atoms with Crippen LogP contribution in [0.15, 0.2) is 24.3 Å². The van der Waals surface area contributed by atoms with Crippen LogP contribution >= 0.6 is 0 Å². The van der Waals surface area contributed by atoms with Gasteiger partial charge in [-0.05, 0) is 17.5 Å². The standard InChI is InChI=1S/C14H20N2O4/c1-9(2)10-5-3-4-6-11(10)16-14(20)15-8-7-12(17)13(18)19/h3-6,9,12,17H,7-8H2,1-2H3,(H,18,19)(H2,15,16,20). The number of nitrogens with one attached hydrogen (secondary N) is 2. The quantitative estimate of drug-likeness (QED) is 0.638. The first-order valence-electron chi connectivity index (χ1n) is 6.46. The number of rotatable bonds is 6. The lowest BCUT2D eigenvalue weighted by Gasteiger charge is -2.14. The molecule has 4 N–H and O–H groups in total. The third-order valence-electron chi connectivity index (χ3n) is 2.82. The zero-order valence-corrected chi connectivity index (χ0v) is 11.6. The number of para-hydroxylation sites is 1. The summed E-state index contributed by atoms with van der Waals surface area (Å²) in [5.74, 6) is -1.02. The molecule has 0 saturated carbocycles. The molecular formula is C14H20N2O4. The minimum Gasteiger partial charge on any atom is -0.479 e. The van der Waals surface area contributed by atoms with Crippen molar-refractivity contribution < 1.29 is 19.8 Å². The van der Waals surface area contributed by atoms with Gasteiger partial charge in [0.05, 0.1) is 0 Å². The number of urea groups is 1. The molecule has 0 heterocycles. The summed E-state index contributed by atoms with van der Waals surface area (Å²) in [6.07, 6.45) is -1.49. The van der Waals surface area contributed by atoms with E-state index in [4.69, 9.17) is 10.2 Å². The summed E-state index contributed by atoms with van der Waals surface area (Å²) in [7, 11) is 0. The number of aliphatic hydroxyl groups excluding tert-OH is 1. The first kappa shape index (κ1) is 16.0. The third-order valence-corrected chi connectivity index (χ3v) is 2.82. The molecule has 6 nitrogen and oxygen atoms in total. The number of carbonyl (C=O) groups excluding carboxylic acids is 1. The van der Waals surface area contributed by atoms with Crippen LogP contribution in [0.1, 0.15) is 31.7 Å². The summed E-state index contributed by atoms with van der Waals surface area (Å²) in [5.41, 5.74) is 1.74. The van der Waals surface area contributed by atoms with E-state index in [1.807, 2.05) is 32.0 Å². The van der Waals surface area contributed by atoms with Gasteiger partial charge in [-0.2, -0.15) is 0 Å². The molecule has 0 spiro atoms. The van der Waals surface area contributed by atoms with Crippen molar-refractivity contribution in [2.45, 2.75) is 32.3 Å². The summed E-state index contributed by atoms with van der Waals surface area (Å²) >= 11 is 0. The Bertz CT molecular complexity index is 474. The van der Waals surface area contributed by atoms with Gasteiger partial charge in [0.2, 0.25) is 0 Å². The maximum Gasteiger partial charge on any atom is 0.332 e. The second kappa shape index (κ2) is 7.49. The fraction of sp³-hybridized carbons (Fsp3) is 0.429. The van der Waals surface area contributed by atoms with Gasteiger partial charge in [0.25, 0.3) is 0 Å². The van der Waals surface area contributed by atoms with Crippen LogP contribution in [0.2, 0.25) is 0 Å². The smallest absolute Gasteiger partial charge is 0.332 e. The molecule has 0 saturated heterocycles. The van der Waals surface area contributed by atoms with Crippen molar-refractivity contribution in [3.05, 3.63) is 29.8 Å². The van der Waals surface area contributed by atoms with Crippen molar-refractivity contribution in [3.8, 4) is 0 Å². The van der Waals surface area contributed by atoms with Crippen LogP contribution in [0.25, 0.3) is 0 Å². The van der Waals surface area contributed by atoms with Crippen LogP contribution in [0.5, 0.6) is 0 Å². The molecule has 0 aliphatic rings. The lowest BCUT2D eigenvalue weighted by molar-refractivity contribution is -0.146. The molecule has 0 radical (unpaired) electrons. The molecule has 0 aliphatic carbocycles. The van der Waals surface area contributed by atoms with Crippen molar-refractivity contribution in [3.63, 3.8) is 0 Å². The Hall–Kier alpha value is -2.08. The van der Waals surface area contributed by atoms with Crippen molar-refractivity contribution in [2.75, 3.05) is 11.9 Å². The zero-order valence-electron chi connectivity index (χ0n) is 11.6. The first-order valence-corrected chi connectivity index (χ1v) is 6.46. The fourth-order valence-corrected chi connectivity index (χ4v) is 1.73. The maximum absolute atomic E-state index is 11.7. The number of carboxylic acids is 1. The van der Waals surface area contributed by atoms with E-state index in [-0.39, 0.29) is 18.9 Å².